The molecule has 2 aliphatic carbocycles. The minimum atomic E-state index is -1.25. The van der Waals surface area contributed by atoms with Crippen LogP contribution in [0.1, 0.15) is 5.56 Å². The van der Waals surface area contributed by atoms with E-state index < -0.39 is 29.1 Å². The maximum atomic E-state index is 12.9. The van der Waals surface area contributed by atoms with E-state index in [4.69, 9.17) is 9.47 Å². The van der Waals surface area contributed by atoms with Gasteiger partial charge in [0.25, 0.3) is 0 Å². The number of rotatable bonds is 4. The van der Waals surface area contributed by atoms with Crippen LogP contribution in [0.4, 0.5) is 4.39 Å². The molecular formula is C16H14FNO4. The average molecular weight is 303 g/mol. The zero-order chi connectivity index (χ0) is 15.5. The van der Waals surface area contributed by atoms with E-state index in [2.05, 4.69) is 5.32 Å². The number of hydrogen-bond acceptors (Lipinski definition) is 5. The molecule has 0 amide bonds. The first-order valence-electron chi connectivity index (χ1n) is 7.05. The molecule has 0 radical (unpaired) electrons. The Hall–Kier alpha value is -2.05. The van der Waals surface area contributed by atoms with Crippen molar-refractivity contribution in [2.24, 2.45) is 5.92 Å². The number of esters is 1. The van der Waals surface area contributed by atoms with E-state index >= 15 is 0 Å². The minimum absolute atomic E-state index is 0.102. The molecular weight excluding hydrogens is 289 g/mol. The van der Waals surface area contributed by atoms with Crippen molar-refractivity contribution in [1.29, 1.82) is 0 Å². The highest BCUT2D eigenvalue weighted by Crippen LogP contribution is 2.64. The smallest absolute Gasteiger partial charge is 0.343 e. The van der Waals surface area contributed by atoms with Gasteiger partial charge in [0.05, 0.1) is 19.1 Å². The summed E-state index contributed by atoms with van der Waals surface area (Å²) in [4.78, 5) is 24.5. The summed E-state index contributed by atoms with van der Waals surface area (Å²) in [5.74, 6) is -1.34. The van der Waals surface area contributed by atoms with Gasteiger partial charge in [-0.25, -0.2) is 9.18 Å². The summed E-state index contributed by atoms with van der Waals surface area (Å²) in [5.41, 5.74) is -1.54. The summed E-state index contributed by atoms with van der Waals surface area (Å²) in [7, 11) is 1.28. The highest BCUT2D eigenvalue weighted by Gasteiger charge is 2.89. The number of ether oxygens (including phenoxy) is 2. The molecule has 1 aromatic rings. The second-order valence-corrected chi connectivity index (χ2v) is 5.80. The highest BCUT2D eigenvalue weighted by atomic mass is 19.1. The van der Waals surface area contributed by atoms with E-state index in [1.807, 2.05) is 0 Å². The van der Waals surface area contributed by atoms with Crippen LogP contribution >= 0.6 is 0 Å². The van der Waals surface area contributed by atoms with Crippen LogP contribution < -0.4 is 5.32 Å². The second-order valence-electron chi connectivity index (χ2n) is 5.80. The predicted octanol–water partition coefficient (Wildman–Crippen LogP) is 0.733. The molecule has 2 bridgehead atoms. The van der Waals surface area contributed by atoms with Crippen LogP contribution in [-0.2, 0) is 25.6 Å². The predicted molar refractivity (Wildman–Crippen MR) is 73.2 cm³/mol. The molecule has 0 aromatic heterocycles. The van der Waals surface area contributed by atoms with Crippen molar-refractivity contribution in [3.63, 3.8) is 0 Å². The fourth-order valence-electron chi connectivity index (χ4n) is 3.66. The zero-order valence-corrected chi connectivity index (χ0v) is 11.8. The SMILES string of the molecule is COC(=O)C12OC13C=CC(C3=O)C2NCc1ccc(F)cc1. The molecule has 1 aromatic carbocycles. The molecule has 4 unspecified atom stereocenters. The Morgan fingerprint density at radius 1 is 1.41 bits per heavy atom. The molecule has 1 heterocycles. The van der Waals surface area contributed by atoms with E-state index in [9.17, 15) is 14.0 Å². The lowest BCUT2D eigenvalue weighted by molar-refractivity contribution is -0.148. The lowest BCUT2D eigenvalue weighted by Crippen LogP contribution is -2.51. The number of benzene rings is 1. The van der Waals surface area contributed by atoms with Crippen molar-refractivity contribution >= 4 is 11.8 Å². The Labute approximate surface area is 126 Å². The van der Waals surface area contributed by atoms with Gasteiger partial charge in [0.15, 0.2) is 11.4 Å². The number of ketones is 1. The van der Waals surface area contributed by atoms with E-state index in [0.717, 1.165) is 5.56 Å². The first-order valence-corrected chi connectivity index (χ1v) is 7.05. The molecule has 6 heteroatoms. The van der Waals surface area contributed by atoms with Gasteiger partial charge in [-0.3, -0.25) is 4.79 Å². The standard InChI is InChI=1S/C16H14FNO4/c1-21-14(20)16-12(11-6-7-15(16,22-16)13(11)19)18-8-9-2-4-10(17)5-3-9/h2-7,11-12,18H,8H2,1H3. The van der Waals surface area contributed by atoms with Crippen molar-refractivity contribution < 1.29 is 23.5 Å². The Kier molecular flexibility index (Phi) is 2.62. The summed E-state index contributed by atoms with van der Waals surface area (Å²) >= 11 is 0. The first kappa shape index (κ1) is 13.6. The number of carbonyl (C=O) groups excluding carboxylic acids is 2. The molecule has 1 spiro atoms. The van der Waals surface area contributed by atoms with Crippen LogP contribution in [0.2, 0.25) is 0 Å². The largest absolute Gasteiger partial charge is 0.467 e. The molecule has 114 valence electrons. The lowest BCUT2D eigenvalue weighted by atomic mass is 9.88. The fourth-order valence-corrected chi connectivity index (χ4v) is 3.66. The van der Waals surface area contributed by atoms with Crippen LogP contribution in [0.25, 0.3) is 0 Å². The number of Topliss-reactive ketones (excluding diaryl/α,β-unsaturated/α-hetero) is 1. The summed E-state index contributed by atoms with van der Waals surface area (Å²) in [6.07, 6.45) is 3.44. The van der Waals surface area contributed by atoms with Crippen molar-refractivity contribution in [2.45, 2.75) is 23.8 Å². The molecule has 3 aliphatic rings. The topological polar surface area (TPSA) is 67.9 Å². The van der Waals surface area contributed by atoms with E-state index in [1.165, 1.54) is 19.2 Å². The first-order chi connectivity index (χ1) is 10.5. The van der Waals surface area contributed by atoms with Gasteiger partial charge in [-0.2, -0.15) is 0 Å². The summed E-state index contributed by atoms with van der Waals surface area (Å²) < 4.78 is 23.3. The Morgan fingerprint density at radius 3 is 2.82 bits per heavy atom. The monoisotopic (exact) mass is 303 g/mol. The Bertz CT molecular complexity index is 701. The van der Waals surface area contributed by atoms with E-state index in [0.29, 0.717) is 6.54 Å². The number of nitrogens with one attached hydrogen (secondary N) is 1. The molecule has 1 saturated carbocycles. The van der Waals surface area contributed by atoms with Crippen molar-refractivity contribution in [3.05, 3.63) is 47.8 Å². The number of hydrogen-bond donors (Lipinski definition) is 1. The third-order valence-electron chi connectivity index (χ3n) is 4.76. The summed E-state index contributed by atoms with van der Waals surface area (Å²) in [6, 6.07) is 5.58. The van der Waals surface area contributed by atoms with Crippen LogP contribution in [-0.4, -0.2) is 36.1 Å². The van der Waals surface area contributed by atoms with Crippen LogP contribution in [0.5, 0.6) is 0 Å². The normalized spacial score (nSPS) is 37.3. The number of methoxy groups -OCH3 is 1. The molecule has 4 atom stereocenters. The second kappa shape index (κ2) is 4.24. The average Bonchev–Trinajstić information content (AvgIpc) is 3.10. The van der Waals surface area contributed by atoms with Gasteiger partial charge < -0.3 is 14.8 Å². The number of halogens is 1. The number of carbonyl (C=O) groups is 2. The summed E-state index contributed by atoms with van der Waals surface area (Å²) in [5, 5.41) is 3.20. The number of epoxide rings is 1. The summed E-state index contributed by atoms with van der Waals surface area (Å²) in [6.45, 7) is 0.404. The third kappa shape index (κ3) is 1.43. The molecule has 1 aliphatic heterocycles. The molecule has 4 rings (SSSR count). The van der Waals surface area contributed by atoms with Gasteiger partial charge in [0, 0.05) is 6.54 Å². The van der Waals surface area contributed by atoms with Gasteiger partial charge in [0.1, 0.15) is 5.82 Å². The third-order valence-corrected chi connectivity index (χ3v) is 4.76. The molecule has 2 fully saturated rings. The van der Waals surface area contributed by atoms with Gasteiger partial charge in [-0.05, 0) is 23.8 Å². The molecule has 22 heavy (non-hydrogen) atoms. The van der Waals surface area contributed by atoms with Crippen molar-refractivity contribution in [1.82, 2.24) is 5.32 Å². The van der Waals surface area contributed by atoms with Crippen molar-refractivity contribution in [2.75, 3.05) is 7.11 Å². The van der Waals surface area contributed by atoms with Gasteiger partial charge in [0.2, 0.25) is 5.60 Å². The fraction of sp³-hybridized carbons (Fsp3) is 0.375. The minimum Gasteiger partial charge on any atom is -0.467 e. The highest BCUT2D eigenvalue weighted by molar-refractivity contribution is 6.12. The maximum Gasteiger partial charge on any atom is 0.343 e. The quantitative estimate of drug-likeness (QED) is 0.505. The molecule has 5 nitrogen and oxygen atoms in total. The molecule has 1 saturated heterocycles. The van der Waals surface area contributed by atoms with Crippen LogP contribution in [0, 0.1) is 11.7 Å². The van der Waals surface area contributed by atoms with Crippen LogP contribution in [0.15, 0.2) is 36.4 Å². The number of fused-ring (bicyclic) bond motifs is 1. The van der Waals surface area contributed by atoms with E-state index in [1.54, 1.807) is 24.3 Å². The molecule has 1 N–H and O–H groups in total. The lowest BCUT2D eigenvalue weighted by Gasteiger charge is -2.24. The zero-order valence-electron chi connectivity index (χ0n) is 11.8. The Morgan fingerprint density at radius 2 is 2.14 bits per heavy atom. The van der Waals surface area contributed by atoms with Gasteiger partial charge in [-0.15, -0.1) is 0 Å². The Balaban J connectivity index is 1.59. The van der Waals surface area contributed by atoms with Crippen molar-refractivity contribution in [3.8, 4) is 0 Å². The van der Waals surface area contributed by atoms with Gasteiger partial charge >= 0.3 is 5.97 Å². The van der Waals surface area contributed by atoms with Crippen LogP contribution in [0.3, 0.4) is 0 Å². The van der Waals surface area contributed by atoms with E-state index in [-0.39, 0.29) is 11.6 Å². The maximum absolute atomic E-state index is 12.9. The van der Waals surface area contributed by atoms with Gasteiger partial charge in [-0.1, -0.05) is 18.2 Å².